The minimum Gasteiger partial charge on any atom is -0.480 e. The number of nitrogens with one attached hydrogen (secondary N) is 1. The molecular formula is C9H15N3O2. The van der Waals surface area contributed by atoms with Crippen LogP contribution in [0.25, 0.3) is 0 Å². The SMILES string of the molecule is COc1cncc(NCC(C)(C)O)n1. The topological polar surface area (TPSA) is 67.3 Å². The van der Waals surface area contributed by atoms with Crippen molar-refractivity contribution in [2.24, 2.45) is 0 Å². The fraction of sp³-hybridized carbons (Fsp3) is 0.556. The minimum atomic E-state index is -0.773. The van der Waals surface area contributed by atoms with Gasteiger partial charge >= 0.3 is 0 Å². The van der Waals surface area contributed by atoms with Crippen molar-refractivity contribution in [3.8, 4) is 5.88 Å². The zero-order valence-corrected chi connectivity index (χ0v) is 8.61. The molecule has 0 bridgehead atoms. The monoisotopic (exact) mass is 197 g/mol. The van der Waals surface area contributed by atoms with E-state index in [9.17, 15) is 5.11 Å². The molecule has 0 radical (unpaired) electrons. The third-order valence-corrected chi connectivity index (χ3v) is 1.52. The molecule has 1 heterocycles. The smallest absolute Gasteiger partial charge is 0.233 e. The Hall–Kier alpha value is -1.36. The Kier molecular flexibility index (Phi) is 3.24. The molecule has 14 heavy (non-hydrogen) atoms. The van der Waals surface area contributed by atoms with Crippen molar-refractivity contribution in [2.75, 3.05) is 19.0 Å². The first kappa shape index (κ1) is 10.7. The number of nitrogens with zero attached hydrogens (tertiary/aromatic N) is 2. The molecule has 1 rings (SSSR count). The Labute approximate surface area is 83.2 Å². The molecule has 0 atom stereocenters. The first-order valence-electron chi connectivity index (χ1n) is 4.33. The molecule has 2 N–H and O–H groups in total. The lowest BCUT2D eigenvalue weighted by Gasteiger charge is -2.17. The van der Waals surface area contributed by atoms with Crippen LogP contribution in [0, 0.1) is 0 Å². The van der Waals surface area contributed by atoms with Crippen molar-refractivity contribution in [2.45, 2.75) is 19.4 Å². The van der Waals surface area contributed by atoms with Gasteiger partial charge in [0.25, 0.3) is 0 Å². The van der Waals surface area contributed by atoms with Crippen LogP contribution in [0.1, 0.15) is 13.8 Å². The van der Waals surface area contributed by atoms with Gasteiger partial charge in [-0.3, -0.25) is 4.98 Å². The number of hydrogen-bond donors (Lipinski definition) is 2. The molecule has 0 fully saturated rings. The number of ether oxygens (including phenoxy) is 1. The lowest BCUT2D eigenvalue weighted by molar-refractivity contribution is 0.0944. The Bertz CT molecular complexity index is 296. The van der Waals surface area contributed by atoms with Gasteiger partial charge in [-0.25, -0.2) is 0 Å². The van der Waals surface area contributed by atoms with Crippen molar-refractivity contribution in [3.63, 3.8) is 0 Å². The highest BCUT2D eigenvalue weighted by molar-refractivity contribution is 5.33. The first-order valence-corrected chi connectivity index (χ1v) is 4.33. The Morgan fingerprint density at radius 3 is 2.79 bits per heavy atom. The molecule has 1 aromatic heterocycles. The van der Waals surface area contributed by atoms with Crippen LogP contribution in [-0.2, 0) is 0 Å². The third kappa shape index (κ3) is 3.57. The maximum atomic E-state index is 9.46. The standard InChI is InChI=1S/C9H15N3O2/c1-9(2,13)6-11-7-4-10-5-8(12-7)14-3/h4-5,13H,6H2,1-3H3,(H,11,12). The summed E-state index contributed by atoms with van der Waals surface area (Å²) < 4.78 is 4.91. The van der Waals surface area contributed by atoms with Gasteiger partial charge in [0.2, 0.25) is 5.88 Å². The molecule has 0 unspecified atom stereocenters. The highest BCUT2D eigenvalue weighted by atomic mass is 16.5. The molecule has 0 aliphatic heterocycles. The van der Waals surface area contributed by atoms with Crippen LogP contribution in [0.2, 0.25) is 0 Å². The molecule has 0 aromatic carbocycles. The zero-order chi connectivity index (χ0) is 10.6. The highest BCUT2D eigenvalue weighted by Gasteiger charge is 2.12. The summed E-state index contributed by atoms with van der Waals surface area (Å²) in [4.78, 5) is 8.01. The van der Waals surface area contributed by atoms with Crippen molar-refractivity contribution in [1.82, 2.24) is 9.97 Å². The largest absolute Gasteiger partial charge is 0.480 e. The summed E-state index contributed by atoms with van der Waals surface area (Å²) in [5.41, 5.74) is -0.773. The van der Waals surface area contributed by atoms with Gasteiger partial charge in [-0.05, 0) is 13.8 Å². The predicted octanol–water partition coefficient (Wildman–Crippen LogP) is 0.668. The number of anilines is 1. The zero-order valence-electron chi connectivity index (χ0n) is 8.61. The maximum absolute atomic E-state index is 9.46. The molecule has 0 amide bonds. The van der Waals surface area contributed by atoms with Crippen LogP contribution < -0.4 is 10.1 Å². The lowest BCUT2D eigenvalue weighted by atomic mass is 10.1. The molecule has 0 saturated carbocycles. The van der Waals surface area contributed by atoms with Gasteiger partial charge in [0.05, 0.1) is 25.1 Å². The molecule has 5 heteroatoms. The second-order valence-electron chi connectivity index (χ2n) is 3.61. The second kappa shape index (κ2) is 4.23. The van der Waals surface area contributed by atoms with E-state index in [1.165, 1.54) is 13.3 Å². The minimum absolute atomic E-state index is 0.412. The van der Waals surface area contributed by atoms with Crippen LogP contribution in [0.4, 0.5) is 5.82 Å². The molecule has 5 nitrogen and oxygen atoms in total. The summed E-state index contributed by atoms with van der Waals surface area (Å²) in [7, 11) is 1.53. The van der Waals surface area contributed by atoms with Crippen molar-refractivity contribution < 1.29 is 9.84 Å². The van der Waals surface area contributed by atoms with Gasteiger partial charge in [-0.2, -0.15) is 4.98 Å². The van der Waals surface area contributed by atoms with E-state index in [0.717, 1.165) is 0 Å². The average molecular weight is 197 g/mol. The molecule has 1 aromatic rings. The summed E-state index contributed by atoms with van der Waals surface area (Å²) in [5, 5.41) is 12.4. The van der Waals surface area contributed by atoms with E-state index in [-0.39, 0.29) is 0 Å². The molecule has 0 spiro atoms. The van der Waals surface area contributed by atoms with Crippen LogP contribution in [0.5, 0.6) is 5.88 Å². The van der Waals surface area contributed by atoms with Crippen molar-refractivity contribution >= 4 is 5.82 Å². The van der Waals surface area contributed by atoms with Crippen LogP contribution in [0.3, 0.4) is 0 Å². The third-order valence-electron chi connectivity index (χ3n) is 1.52. The Morgan fingerprint density at radius 2 is 2.21 bits per heavy atom. The first-order chi connectivity index (χ1) is 6.51. The molecule has 0 saturated heterocycles. The van der Waals surface area contributed by atoms with Gasteiger partial charge in [0, 0.05) is 6.54 Å². The number of aromatic nitrogens is 2. The summed E-state index contributed by atoms with van der Waals surface area (Å²) in [6.07, 6.45) is 3.10. The van der Waals surface area contributed by atoms with Crippen LogP contribution >= 0.6 is 0 Å². The fourth-order valence-corrected chi connectivity index (χ4v) is 0.838. The van der Waals surface area contributed by atoms with Crippen molar-refractivity contribution in [3.05, 3.63) is 12.4 Å². The van der Waals surface area contributed by atoms with Gasteiger partial charge in [-0.1, -0.05) is 0 Å². The lowest BCUT2D eigenvalue weighted by Crippen LogP contribution is -2.29. The Morgan fingerprint density at radius 1 is 1.50 bits per heavy atom. The summed E-state index contributed by atoms with van der Waals surface area (Å²) in [6, 6.07) is 0. The van der Waals surface area contributed by atoms with E-state index in [1.54, 1.807) is 20.0 Å². The van der Waals surface area contributed by atoms with Gasteiger partial charge < -0.3 is 15.2 Å². The maximum Gasteiger partial charge on any atom is 0.233 e. The van der Waals surface area contributed by atoms with Crippen LogP contribution in [0.15, 0.2) is 12.4 Å². The fourth-order valence-electron chi connectivity index (χ4n) is 0.838. The van der Waals surface area contributed by atoms with Gasteiger partial charge in [-0.15, -0.1) is 0 Å². The van der Waals surface area contributed by atoms with Gasteiger partial charge in [0.1, 0.15) is 5.82 Å². The number of methoxy groups -OCH3 is 1. The van der Waals surface area contributed by atoms with Crippen molar-refractivity contribution in [1.29, 1.82) is 0 Å². The molecule has 0 aliphatic carbocycles. The summed E-state index contributed by atoms with van der Waals surface area (Å²) >= 11 is 0. The van der Waals surface area contributed by atoms with E-state index >= 15 is 0 Å². The van der Waals surface area contributed by atoms with E-state index in [0.29, 0.717) is 18.2 Å². The van der Waals surface area contributed by atoms with Gasteiger partial charge in [0.15, 0.2) is 0 Å². The quantitative estimate of drug-likeness (QED) is 0.742. The Balaban J connectivity index is 2.59. The number of rotatable bonds is 4. The van der Waals surface area contributed by atoms with E-state index in [4.69, 9.17) is 4.74 Å². The number of hydrogen-bond acceptors (Lipinski definition) is 5. The summed E-state index contributed by atoms with van der Waals surface area (Å²) in [6.45, 7) is 3.84. The second-order valence-corrected chi connectivity index (χ2v) is 3.61. The molecule has 0 aliphatic rings. The van der Waals surface area contributed by atoms with Crippen LogP contribution in [-0.4, -0.2) is 34.3 Å². The molecular weight excluding hydrogens is 182 g/mol. The predicted molar refractivity (Wildman–Crippen MR) is 53.4 cm³/mol. The average Bonchev–Trinajstić information content (AvgIpc) is 2.14. The van der Waals surface area contributed by atoms with E-state index in [2.05, 4.69) is 15.3 Å². The highest BCUT2D eigenvalue weighted by Crippen LogP contribution is 2.09. The normalized spacial score (nSPS) is 11.1. The summed E-state index contributed by atoms with van der Waals surface area (Å²) in [5.74, 6) is 1.04. The van der Waals surface area contributed by atoms with E-state index in [1.807, 2.05) is 0 Å². The number of aliphatic hydroxyl groups is 1. The molecule has 78 valence electrons. The van der Waals surface area contributed by atoms with E-state index < -0.39 is 5.60 Å².